The van der Waals surface area contributed by atoms with E-state index in [0.717, 1.165) is 32.1 Å². The molecule has 176 valence electrons. The van der Waals surface area contributed by atoms with Gasteiger partial charge in [-0.1, -0.05) is 57.2 Å². The molecule has 32 heavy (non-hydrogen) atoms. The minimum absolute atomic E-state index is 0.0376. The lowest BCUT2D eigenvalue weighted by Gasteiger charge is -2.27. The van der Waals surface area contributed by atoms with Gasteiger partial charge in [-0.15, -0.1) is 0 Å². The van der Waals surface area contributed by atoms with Crippen molar-refractivity contribution in [1.82, 2.24) is 0 Å². The Morgan fingerprint density at radius 2 is 1.69 bits per heavy atom. The molecule has 1 aliphatic heterocycles. The maximum atomic E-state index is 13.4. The fourth-order valence-corrected chi connectivity index (χ4v) is 8.37. The predicted molar refractivity (Wildman–Crippen MR) is 125 cm³/mol. The fourth-order valence-electron chi connectivity index (χ4n) is 3.96. The molecule has 0 spiro atoms. The van der Waals surface area contributed by atoms with Gasteiger partial charge in [0.2, 0.25) is 0 Å². The Morgan fingerprint density at radius 1 is 1.03 bits per heavy atom. The number of hydrogen-bond donors (Lipinski definition) is 3. The van der Waals surface area contributed by atoms with Crippen LogP contribution < -0.4 is 4.74 Å². The standard InChI is InChI=1S/C23H30O7S2/c1-2-3-4-5-6-10-15-30-22-18(23(24)25)13-14-19-21(22)20(16-31(19,26)27)32(28,29)17-11-8-7-9-12-17/h7-9,11-14,20,26-27H,2-6,10,15-16H2,1H3,(H,24,25). The summed E-state index contributed by atoms with van der Waals surface area (Å²) < 4.78 is 53.9. The second-order valence-electron chi connectivity index (χ2n) is 7.96. The van der Waals surface area contributed by atoms with Gasteiger partial charge in [-0.3, -0.25) is 9.11 Å². The number of sulfone groups is 1. The van der Waals surface area contributed by atoms with Gasteiger partial charge in [-0.05, 0) is 30.7 Å². The Labute approximate surface area is 190 Å². The van der Waals surface area contributed by atoms with E-state index >= 15 is 0 Å². The first kappa shape index (κ1) is 24.6. The summed E-state index contributed by atoms with van der Waals surface area (Å²) >= 11 is 0. The number of carbonyl (C=O) groups is 1. The van der Waals surface area contributed by atoms with Crippen LogP contribution in [0, 0.1) is 0 Å². The second-order valence-corrected chi connectivity index (χ2v) is 12.2. The largest absolute Gasteiger partial charge is 0.492 e. The summed E-state index contributed by atoms with van der Waals surface area (Å²) in [6, 6.07) is 10.3. The van der Waals surface area contributed by atoms with Crippen LogP contribution in [0.15, 0.2) is 52.3 Å². The molecule has 1 aliphatic rings. The summed E-state index contributed by atoms with van der Waals surface area (Å²) in [6.45, 7) is 2.36. The van der Waals surface area contributed by atoms with Gasteiger partial charge in [0.25, 0.3) is 0 Å². The number of benzene rings is 2. The Hall–Kier alpha value is -2.07. The predicted octanol–water partition coefficient (Wildman–Crippen LogP) is 5.76. The van der Waals surface area contributed by atoms with Crippen LogP contribution in [-0.2, 0) is 9.84 Å². The van der Waals surface area contributed by atoms with Crippen molar-refractivity contribution in [3.63, 3.8) is 0 Å². The summed E-state index contributed by atoms with van der Waals surface area (Å²) in [7, 11) is -7.41. The highest BCUT2D eigenvalue weighted by Crippen LogP contribution is 2.63. The fraction of sp³-hybridized carbons (Fsp3) is 0.435. The smallest absolute Gasteiger partial charge is 0.339 e. The van der Waals surface area contributed by atoms with Crippen molar-refractivity contribution in [3.05, 3.63) is 53.6 Å². The van der Waals surface area contributed by atoms with Gasteiger partial charge in [-0.25, -0.2) is 13.2 Å². The Bertz CT molecular complexity index is 1050. The van der Waals surface area contributed by atoms with Crippen molar-refractivity contribution in [1.29, 1.82) is 0 Å². The molecule has 2 aromatic rings. The lowest BCUT2D eigenvalue weighted by Crippen LogP contribution is -2.17. The molecule has 0 radical (unpaired) electrons. The number of hydrogen-bond acceptors (Lipinski definition) is 6. The molecule has 3 rings (SSSR count). The molecule has 0 bridgehead atoms. The molecule has 0 aliphatic carbocycles. The van der Waals surface area contributed by atoms with Crippen LogP contribution in [0.25, 0.3) is 0 Å². The van der Waals surface area contributed by atoms with Crippen molar-refractivity contribution in [3.8, 4) is 5.75 Å². The highest BCUT2D eigenvalue weighted by molar-refractivity contribution is 8.25. The lowest BCUT2D eigenvalue weighted by molar-refractivity contribution is 0.0691. The van der Waals surface area contributed by atoms with Crippen molar-refractivity contribution < 1.29 is 32.2 Å². The average molecular weight is 483 g/mol. The van der Waals surface area contributed by atoms with Gasteiger partial charge in [-0.2, -0.15) is 10.6 Å². The zero-order chi connectivity index (χ0) is 23.4. The van der Waals surface area contributed by atoms with Crippen LogP contribution in [0.2, 0.25) is 0 Å². The molecule has 0 fully saturated rings. The SMILES string of the molecule is CCCCCCCCOc1c(C(=O)O)ccc2c1C(S(=O)(=O)c1ccccc1)CS2(O)O. The summed E-state index contributed by atoms with van der Waals surface area (Å²) in [6.07, 6.45) is 6.07. The van der Waals surface area contributed by atoms with E-state index in [2.05, 4.69) is 6.92 Å². The maximum absolute atomic E-state index is 13.4. The van der Waals surface area contributed by atoms with Crippen LogP contribution in [-0.4, -0.2) is 41.0 Å². The van der Waals surface area contributed by atoms with Gasteiger partial charge >= 0.3 is 5.97 Å². The molecule has 0 saturated heterocycles. The van der Waals surface area contributed by atoms with Crippen LogP contribution in [0.1, 0.15) is 66.6 Å². The van der Waals surface area contributed by atoms with E-state index < -0.39 is 37.4 Å². The molecule has 7 nitrogen and oxygen atoms in total. The van der Waals surface area contributed by atoms with E-state index in [-0.39, 0.29) is 33.3 Å². The van der Waals surface area contributed by atoms with Crippen LogP contribution >= 0.6 is 10.6 Å². The number of carboxylic acids is 1. The summed E-state index contributed by atoms with van der Waals surface area (Å²) in [4.78, 5) is 12.0. The molecule has 3 N–H and O–H groups in total. The molecule has 2 aromatic carbocycles. The monoisotopic (exact) mass is 482 g/mol. The zero-order valence-electron chi connectivity index (χ0n) is 18.1. The quantitative estimate of drug-likeness (QED) is 0.348. The number of rotatable bonds is 11. The molecule has 1 heterocycles. The molecule has 0 aromatic heterocycles. The number of carboxylic acid groups (broad SMARTS) is 1. The average Bonchev–Trinajstić information content (AvgIpc) is 3.05. The van der Waals surface area contributed by atoms with E-state index in [1.54, 1.807) is 18.2 Å². The van der Waals surface area contributed by atoms with Crippen molar-refractivity contribution in [2.75, 3.05) is 12.4 Å². The normalized spacial score (nSPS) is 18.2. The van der Waals surface area contributed by atoms with Gasteiger partial charge in [0.15, 0.2) is 9.84 Å². The summed E-state index contributed by atoms with van der Waals surface area (Å²) in [5.74, 6) is -1.76. The molecule has 9 heteroatoms. The highest BCUT2D eigenvalue weighted by Gasteiger charge is 2.46. The third kappa shape index (κ3) is 5.11. The lowest BCUT2D eigenvalue weighted by atomic mass is 10.1. The molecule has 1 unspecified atom stereocenters. The van der Waals surface area contributed by atoms with Gasteiger partial charge in [0.05, 0.1) is 22.2 Å². The number of unbranched alkanes of at least 4 members (excludes halogenated alkanes) is 5. The van der Waals surface area contributed by atoms with Crippen molar-refractivity contribution in [2.24, 2.45) is 0 Å². The molecule has 0 amide bonds. The topological polar surface area (TPSA) is 121 Å². The highest BCUT2D eigenvalue weighted by atomic mass is 32.3. The van der Waals surface area contributed by atoms with Crippen LogP contribution in [0.4, 0.5) is 0 Å². The molecule has 1 atom stereocenters. The van der Waals surface area contributed by atoms with E-state index in [4.69, 9.17) is 4.74 Å². The van der Waals surface area contributed by atoms with E-state index in [9.17, 15) is 27.4 Å². The van der Waals surface area contributed by atoms with E-state index in [0.29, 0.717) is 6.42 Å². The second kappa shape index (κ2) is 10.2. The number of aromatic carboxylic acids is 1. The van der Waals surface area contributed by atoms with Crippen LogP contribution in [0.5, 0.6) is 5.75 Å². The Balaban J connectivity index is 1.97. The molecule has 0 saturated carbocycles. The molecular weight excluding hydrogens is 452 g/mol. The van der Waals surface area contributed by atoms with E-state index in [1.807, 2.05) is 0 Å². The maximum Gasteiger partial charge on any atom is 0.339 e. The van der Waals surface area contributed by atoms with Crippen molar-refractivity contribution in [2.45, 2.75) is 60.5 Å². The van der Waals surface area contributed by atoms with Gasteiger partial charge < -0.3 is 9.84 Å². The Morgan fingerprint density at radius 3 is 2.34 bits per heavy atom. The number of fused-ring (bicyclic) bond motifs is 1. The summed E-state index contributed by atoms with van der Waals surface area (Å²) in [5.41, 5.74) is -0.125. The third-order valence-corrected chi connectivity index (χ3v) is 9.79. The first-order valence-electron chi connectivity index (χ1n) is 10.8. The molecular formula is C23H30O7S2. The van der Waals surface area contributed by atoms with Gasteiger partial charge in [0, 0.05) is 5.56 Å². The first-order chi connectivity index (χ1) is 15.2. The van der Waals surface area contributed by atoms with E-state index in [1.165, 1.54) is 24.3 Å². The Kier molecular flexibility index (Phi) is 7.87. The van der Waals surface area contributed by atoms with Crippen molar-refractivity contribution >= 4 is 26.4 Å². The third-order valence-electron chi connectivity index (χ3n) is 5.64. The minimum Gasteiger partial charge on any atom is -0.492 e. The van der Waals surface area contributed by atoms with Crippen LogP contribution in [0.3, 0.4) is 0 Å². The van der Waals surface area contributed by atoms with Gasteiger partial charge in [0.1, 0.15) is 16.6 Å². The first-order valence-corrected chi connectivity index (χ1v) is 14.0. The number of ether oxygens (including phenoxy) is 1. The minimum atomic E-state index is -4.01. The zero-order valence-corrected chi connectivity index (χ0v) is 19.7. The summed E-state index contributed by atoms with van der Waals surface area (Å²) in [5, 5.41) is 8.38.